The van der Waals surface area contributed by atoms with E-state index in [-0.39, 0.29) is 0 Å². The lowest BCUT2D eigenvalue weighted by atomic mass is 9.87. The molecule has 0 amide bonds. The van der Waals surface area contributed by atoms with Crippen molar-refractivity contribution in [2.24, 2.45) is 0 Å². The maximum atomic E-state index is 5.30. The van der Waals surface area contributed by atoms with Crippen molar-refractivity contribution in [2.75, 3.05) is 0 Å². The molecule has 10 aromatic rings. The van der Waals surface area contributed by atoms with Crippen LogP contribution >= 0.6 is 0 Å². The first kappa shape index (κ1) is 30.0. The molecule has 0 spiro atoms. The number of nitrogens with zero attached hydrogens (tertiary/aromatic N) is 2. The molecule has 0 aliphatic heterocycles. The molecule has 0 saturated heterocycles. The summed E-state index contributed by atoms with van der Waals surface area (Å²) in [4.78, 5) is 10.5. The Bertz CT molecular complexity index is 2960. The molecule has 52 heavy (non-hydrogen) atoms. The smallest absolute Gasteiger partial charge is 0.160 e. The molecule has 9 aromatic carbocycles. The standard InChI is InChI=1S/C50H32N2/c1-2-15-35(16-3-1)50-51-47(40-20-12-19-37(30-40)38-26-25-33-13-4-5-17-36(33)29-38)32-48(52-50)43-23-10-11-24-44(43)49-42-22-9-7-18-39(42)31-46-41-21-8-6-14-34(41)27-28-45(46)49/h1-32H. The van der Waals surface area contributed by atoms with E-state index in [9.17, 15) is 0 Å². The zero-order valence-corrected chi connectivity index (χ0v) is 28.4. The van der Waals surface area contributed by atoms with Crippen molar-refractivity contribution in [3.05, 3.63) is 194 Å². The minimum Gasteiger partial charge on any atom is -0.228 e. The largest absolute Gasteiger partial charge is 0.228 e. The highest BCUT2D eigenvalue weighted by atomic mass is 14.9. The molecule has 10 rings (SSSR count). The van der Waals surface area contributed by atoms with E-state index in [0.717, 1.165) is 39.2 Å². The van der Waals surface area contributed by atoms with Gasteiger partial charge in [-0.05, 0) is 89.6 Å². The third-order valence-electron chi connectivity index (χ3n) is 10.2. The number of rotatable bonds is 5. The van der Waals surface area contributed by atoms with Gasteiger partial charge in [-0.1, -0.05) is 170 Å². The van der Waals surface area contributed by atoms with E-state index in [2.05, 4.69) is 176 Å². The highest BCUT2D eigenvalue weighted by molar-refractivity contribution is 6.21. The van der Waals surface area contributed by atoms with Gasteiger partial charge in [0.05, 0.1) is 11.4 Å². The number of hydrogen-bond donors (Lipinski definition) is 0. The molecule has 0 aliphatic carbocycles. The van der Waals surface area contributed by atoms with Crippen LogP contribution in [-0.2, 0) is 0 Å². The van der Waals surface area contributed by atoms with Gasteiger partial charge in [0.1, 0.15) is 0 Å². The summed E-state index contributed by atoms with van der Waals surface area (Å²) in [6.07, 6.45) is 0. The van der Waals surface area contributed by atoms with Gasteiger partial charge in [-0.15, -0.1) is 0 Å². The summed E-state index contributed by atoms with van der Waals surface area (Å²) in [5, 5.41) is 9.88. The van der Waals surface area contributed by atoms with Crippen LogP contribution in [0.5, 0.6) is 0 Å². The van der Waals surface area contributed by atoms with Gasteiger partial charge >= 0.3 is 0 Å². The lowest BCUT2D eigenvalue weighted by Crippen LogP contribution is -1.97. The molecular formula is C50H32N2. The van der Waals surface area contributed by atoms with Gasteiger partial charge in [0, 0.05) is 16.7 Å². The van der Waals surface area contributed by atoms with Crippen LogP contribution in [0.25, 0.3) is 99.2 Å². The highest BCUT2D eigenvalue weighted by Gasteiger charge is 2.18. The molecule has 0 fully saturated rings. The van der Waals surface area contributed by atoms with Crippen LogP contribution in [0, 0.1) is 0 Å². The summed E-state index contributed by atoms with van der Waals surface area (Å²) in [6.45, 7) is 0. The molecule has 2 nitrogen and oxygen atoms in total. The Morgan fingerprint density at radius 2 is 0.885 bits per heavy atom. The van der Waals surface area contributed by atoms with Crippen molar-refractivity contribution in [1.82, 2.24) is 9.97 Å². The number of benzene rings is 9. The maximum Gasteiger partial charge on any atom is 0.160 e. The van der Waals surface area contributed by atoms with Crippen molar-refractivity contribution >= 4 is 43.1 Å². The number of fused-ring (bicyclic) bond motifs is 5. The average molecular weight is 661 g/mol. The molecule has 1 heterocycles. The first-order valence-electron chi connectivity index (χ1n) is 17.7. The molecule has 0 saturated carbocycles. The monoisotopic (exact) mass is 660 g/mol. The Hall–Kier alpha value is -6.90. The van der Waals surface area contributed by atoms with Gasteiger partial charge in [-0.3, -0.25) is 0 Å². The molecule has 0 aliphatic rings. The Labute approximate surface area is 302 Å². The second-order valence-electron chi connectivity index (χ2n) is 13.4. The van der Waals surface area contributed by atoms with Crippen LogP contribution in [-0.4, -0.2) is 9.97 Å². The highest BCUT2D eigenvalue weighted by Crippen LogP contribution is 2.43. The third kappa shape index (κ3) is 5.21. The van der Waals surface area contributed by atoms with Gasteiger partial charge in [0.25, 0.3) is 0 Å². The quantitative estimate of drug-likeness (QED) is 0.136. The van der Waals surface area contributed by atoms with Crippen molar-refractivity contribution in [1.29, 1.82) is 0 Å². The summed E-state index contributed by atoms with van der Waals surface area (Å²) in [6, 6.07) is 69.3. The normalized spacial score (nSPS) is 11.5. The van der Waals surface area contributed by atoms with E-state index in [1.807, 2.05) is 18.2 Å². The number of hydrogen-bond acceptors (Lipinski definition) is 2. The van der Waals surface area contributed by atoms with Crippen LogP contribution in [0.4, 0.5) is 0 Å². The predicted molar refractivity (Wildman–Crippen MR) is 219 cm³/mol. The minimum atomic E-state index is 0.702. The van der Waals surface area contributed by atoms with Crippen molar-refractivity contribution < 1.29 is 0 Å². The minimum absolute atomic E-state index is 0.702. The third-order valence-corrected chi connectivity index (χ3v) is 10.2. The van der Waals surface area contributed by atoms with E-state index < -0.39 is 0 Å². The van der Waals surface area contributed by atoms with Crippen molar-refractivity contribution in [2.45, 2.75) is 0 Å². The van der Waals surface area contributed by atoms with Crippen LogP contribution < -0.4 is 0 Å². The Morgan fingerprint density at radius 1 is 0.269 bits per heavy atom. The zero-order chi connectivity index (χ0) is 34.4. The summed E-state index contributed by atoms with van der Waals surface area (Å²) in [5.41, 5.74) is 9.56. The fourth-order valence-corrected chi connectivity index (χ4v) is 7.71. The molecule has 242 valence electrons. The van der Waals surface area contributed by atoms with Gasteiger partial charge in [0.15, 0.2) is 5.82 Å². The maximum absolute atomic E-state index is 5.30. The van der Waals surface area contributed by atoms with E-state index in [1.165, 1.54) is 54.2 Å². The molecular weight excluding hydrogens is 629 g/mol. The predicted octanol–water partition coefficient (Wildman–Crippen LogP) is 13.4. The summed E-state index contributed by atoms with van der Waals surface area (Å²) in [5.74, 6) is 0.702. The molecule has 0 N–H and O–H groups in total. The number of aromatic nitrogens is 2. The van der Waals surface area contributed by atoms with E-state index in [0.29, 0.717) is 5.82 Å². The van der Waals surface area contributed by atoms with Gasteiger partial charge in [0.2, 0.25) is 0 Å². The average Bonchev–Trinajstić information content (AvgIpc) is 3.23. The SMILES string of the molecule is c1ccc(-c2nc(-c3cccc(-c4ccc5ccccc5c4)c3)cc(-c3ccccc3-c3c4ccccc4cc4c3ccc3ccccc34)n2)cc1. The zero-order valence-electron chi connectivity index (χ0n) is 28.4. The molecule has 0 atom stereocenters. The summed E-state index contributed by atoms with van der Waals surface area (Å²) >= 11 is 0. The first-order valence-corrected chi connectivity index (χ1v) is 17.7. The van der Waals surface area contributed by atoms with Crippen LogP contribution in [0.15, 0.2) is 194 Å². The first-order chi connectivity index (χ1) is 25.8. The van der Waals surface area contributed by atoms with Crippen LogP contribution in [0.2, 0.25) is 0 Å². The van der Waals surface area contributed by atoms with Crippen molar-refractivity contribution in [3.8, 4) is 56.2 Å². The van der Waals surface area contributed by atoms with E-state index in [4.69, 9.17) is 9.97 Å². The molecule has 0 radical (unpaired) electrons. The lowest BCUT2D eigenvalue weighted by Gasteiger charge is -2.17. The van der Waals surface area contributed by atoms with Crippen molar-refractivity contribution in [3.63, 3.8) is 0 Å². The molecule has 1 aromatic heterocycles. The Balaban J connectivity index is 1.20. The topological polar surface area (TPSA) is 25.8 Å². The van der Waals surface area contributed by atoms with Gasteiger partial charge in [-0.25, -0.2) is 9.97 Å². The lowest BCUT2D eigenvalue weighted by molar-refractivity contribution is 1.18. The summed E-state index contributed by atoms with van der Waals surface area (Å²) < 4.78 is 0. The molecule has 2 heteroatoms. The van der Waals surface area contributed by atoms with E-state index in [1.54, 1.807) is 0 Å². The van der Waals surface area contributed by atoms with Gasteiger partial charge in [-0.2, -0.15) is 0 Å². The molecule has 0 bridgehead atoms. The fourth-order valence-electron chi connectivity index (χ4n) is 7.71. The van der Waals surface area contributed by atoms with Gasteiger partial charge < -0.3 is 0 Å². The van der Waals surface area contributed by atoms with E-state index >= 15 is 0 Å². The molecule has 0 unspecified atom stereocenters. The second kappa shape index (κ2) is 12.5. The summed E-state index contributed by atoms with van der Waals surface area (Å²) in [7, 11) is 0. The Kier molecular flexibility index (Phi) is 7.18. The Morgan fingerprint density at radius 3 is 1.75 bits per heavy atom. The second-order valence-corrected chi connectivity index (χ2v) is 13.4. The van der Waals surface area contributed by atoms with Crippen LogP contribution in [0.3, 0.4) is 0 Å². The fraction of sp³-hybridized carbons (Fsp3) is 0. The van der Waals surface area contributed by atoms with Crippen LogP contribution in [0.1, 0.15) is 0 Å².